The number of nitrogens with one attached hydrogen (secondary N) is 1. The molecule has 1 fully saturated rings. The first kappa shape index (κ1) is 21.7. The zero-order valence-electron chi connectivity index (χ0n) is 16.9. The summed E-state index contributed by atoms with van der Waals surface area (Å²) in [6, 6.07) is 10.9. The van der Waals surface area contributed by atoms with Crippen LogP contribution in [-0.2, 0) is 16.1 Å². The van der Waals surface area contributed by atoms with Crippen molar-refractivity contribution in [1.29, 1.82) is 0 Å². The van der Waals surface area contributed by atoms with Gasteiger partial charge in [-0.15, -0.1) is 0 Å². The molecule has 2 amide bonds. The summed E-state index contributed by atoms with van der Waals surface area (Å²) < 4.78 is 32.4. The van der Waals surface area contributed by atoms with Crippen molar-refractivity contribution in [3.8, 4) is 5.75 Å². The minimum Gasteiger partial charge on any atom is -0.481 e. The standard InChI is InChI=1S/C23H26F2N2O3/c1-16(23(29)26-19-6-2-3-7-19)27(14-17-10-12-18(24)13-11-17)22(28)15-30-21-9-5-4-8-20(21)25/h4-5,8-13,16,19H,2-3,6-7,14-15H2,1H3,(H,26,29). The summed E-state index contributed by atoms with van der Waals surface area (Å²) in [5.74, 6) is -1.69. The quantitative estimate of drug-likeness (QED) is 0.712. The smallest absolute Gasteiger partial charge is 0.261 e. The number of halogens is 2. The molecule has 0 saturated heterocycles. The predicted molar refractivity (Wildman–Crippen MR) is 109 cm³/mol. The van der Waals surface area contributed by atoms with Gasteiger partial charge in [-0.2, -0.15) is 0 Å². The minimum absolute atomic E-state index is 0.0318. The van der Waals surface area contributed by atoms with Gasteiger partial charge in [0.1, 0.15) is 11.9 Å². The number of hydrogen-bond donors (Lipinski definition) is 1. The lowest BCUT2D eigenvalue weighted by Gasteiger charge is -2.29. The van der Waals surface area contributed by atoms with Crippen LogP contribution in [0.3, 0.4) is 0 Å². The second-order valence-corrected chi connectivity index (χ2v) is 7.53. The molecule has 1 aliphatic rings. The molecule has 1 unspecified atom stereocenters. The zero-order chi connectivity index (χ0) is 21.5. The maximum Gasteiger partial charge on any atom is 0.261 e. The Hall–Kier alpha value is -2.96. The van der Waals surface area contributed by atoms with E-state index in [9.17, 15) is 18.4 Å². The van der Waals surface area contributed by atoms with E-state index in [4.69, 9.17) is 4.74 Å². The van der Waals surface area contributed by atoms with Crippen molar-refractivity contribution in [3.05, 3.63) is 65.7 Å². The number of amides is 2. The number of rotatable bonds is 8. The largest absolute Gasteiger partial charge is 0.481 e. The van der Waals surface area contributed by atoms with Crippen molar-refractivity contribution in [2.45, 2.75) is 51.2 Å². The Morgan fingerprint density at radius 3 is 2.43 bits per heavy atom. The molecule has 1 saturated carbocycles. The molecule has 3 rings (SSSR count). The van der Waals surface area contributed by atoms with Gasteiger partial charge in [0, 0.05) is 12.6 Å². The van der Waals surface area contributed by atoms with Crippen LogP contribution in [0.15, 0.2) is 48.5 Å². The van der Waals surface area contributed by atoms with E-state index in [1.807, 2.05) is 0 Å². The van der Waals surface area contributed by atoms with E-state index in [2.05, 4.69) is 5.32 Å². The number of hydrogen-bond acceptors (Lipinski definition) is 3. The van der Waals surface area contributed by atoms with Gasteiger partial charge in [-0.25, -0.2) is 8.78 Å². The van der Waals surface area contributed by atoms with Gasteiger partial charge >= 0.3 is 0 Å². The van der Waals surface area contributed by atoms with Crippen molar-refractivity contribution in [2.24, 2.45) is 0 Å². The Kier molecular flexibility index (Phi) is 7.38. The van der Waals surface area contributed by atoms with Gasteiger partial charge in [0.25, 0.3) is 5.91 Å². The summed E-state index contributed by atoms with van der Waals surface area (Å²) in [7, 11) is 0. The van der Waals surface area contributed by atoms with Crippen LogP contribution in [-0.4, -0.2) is 35.4 Å². The first-order chi connectivity index (χ1) is 14.4. The fourth-order valence-corrected chi connectivity index (χ4v) is 3.55. The van der Waals surface area contributed by atoms with E-state index in [1.165, 1.54) is 35.2 Å². The Labute approximate surface area is 175 Å². The maximum absolute atomic E-state index is 13.8. The molecule has 160 valence electrons. The highest BCUT2D eigenvalue weighted by Crippen LogP contribution is 2.19. The maximum atomic E-state index is 13.8. The number of ether oxygens (including phenoxy) is 1. The number of para-hydroxylation sites is 1. The molecule has 2 aromatic carbocycles. The van der Waals surface area contributed by atoms with Crippen molar-refractivity contribution < 1.29 is 23.1 Å². The lowest BCUT2D eigenvalue weighted by Crippen LogP contribution is -2.50. The molecule has 7 heteroatoms. The normalized spacial score (nSPS) is 14.9. The van der Waals surface area contributed by atoms with Crippen LogP contribution in [0.25, 0.3) is 0 Å². The first-order valence-electron chi connectivity index (χ1n) is 10.2. The second kappa shape index (κ2) is 10.2. The number of carbonyl (C=O) groups excluding carboxylic acids is 2. The van der Waals surface area contributed by atoms with Gasteiger partial charge in [0.2, 0.25) is 5.91 Å². The van der Waals surface area contributed by atoms with E-state index >= 15 is 0 Å². The van der Waals surface area contributed by atoms with Crippen molar-refractivity contribution >= 4 is 11.8 Å². The van der Waals surface area contributed by atoms with E-state index in [-0.39, 0.29) is 30.1 Å². The predicted octanol–water partition coefficient (Wildman–Crippen LogP) is 3.82. The summed E-state index contributed by atoms with van der Waals surface area (Å²) in [5.41, 5.74) is 0.677. The molecule has 0 aromatic heterocycles. The lowest BCUT2D eigenvalue weighted by molar-refractivity contribution is -0.142. The molecule has 30 heavy (non-hydrogen) atoms. The molecule has 1 atom stereocenters. The van der Waals surface area contributed by atoms with Crippen molar-refractivity contribution in [2.75, 3.05) is 6.61 Å². The third kappa shape index (κ3) is 5.78. The minimum atomic E-state index is -0.757. The molecule has 2 aromatic rings. The van der Waals surface area contributed by atoms with Crippen LogP contribution in [0.4, 0.5) is 8.78 Å². The molecule has 1 aliphatic carbocycles. The van der Waals surface area contributed by atoms with Crippen LogP contribution in [0.5, 0.6) is 5.75 Å². The molecule has 0 bridgehead atoms. The molecule has 0 spiro atoms. The molecule has 1 N–H and O–H groups in total. The third-order valence-corrected chi connectivity index (χ3v) is 5.32. The Bertz CT molecular complexity index is 867. The fraction of sp³-hybridized carbons (Fsp3) is 0.391. The molecular weight excluding hydrogens is 390 g/mol. The van der Waals surface area contributed by atoms with Gasteiger partial charge in [-0.3, -0.25) is 9.59 Å². The highest BCUT2D eigenvalue weighted by atomic mass is 19.1. The SMILES string of the molecule is CC(C(=O)NC1CCCC1)N(Cc1ccc(F)cc1)C(=O)COc1ccccc1F. The second-order valence-electron chi connectivity index (χ2n) is 7.53. The highest BCUT2D eigenvalue weighted by Gasteiger charge is 2.28. The third-order valence-electron chi connectivity index (χ3n) is 5.32. The molecule has 0 aliphatic heterocycles. The van der Waals surface area contributed by atoms with Gasteiger partial charge in [-0.1, -0.05) is 37.1 Å². The Morgan fingerprint density at radius 1 is 1.10 bits per heavy atom. The van der Waals surface area contributed by atoms with Crippen LogP contribution in [0, 0.1) is 11.6 Å². The fourth-order valence-electron chi connectivity index (χ4n) is 3.55. The lowest BCUT2D eigenvalue weighted by atomic mass is 10.1. The molecular formula is C23H26F2N2O3. The topological polar surface area (TPSA) is 58.6 Å². The van der Waals surface area contributed by atoms with E-state index in [1.54, 1.807) is 25.1 Å². The van der Waals surface area contributed by atoms with E-state index < -0.39 is 24.4 Å². The Morgan fingerprint density at radius 2 is 1.77 bits per heavy atom. The van der Waals surface area contributed by atoms with E-state index in [0.29, 0.717) is 5.56 Å². The average molecular weight is 416 g/mol. The molecule has 0 radical (unpaired) electrons. The monoisotopic (exact) mass is 416 g/mol. The summed E-state index contributed by atoms with van der Waals surface area (Å²) in [6.07, 6.45) is 4.02. The summed E-state index contributed by atoms with van der Waals surface area (Å²) >= 11 is 0. The van der Waals surface area contributed by atoms with Crippen molar-refractivity contribution in [1.82, 2.24) is 10.2 Å². The first-order valence-corrected chi connectivity index (χ1v) is 10.2. The van der Waals surface area contributed by atoms with Crippen LogP contribution in [0.2, 0.25) is 0 Å². The van der Waals surface area contributed by atoms with Gasteiger partial charge in [0.05, 0.1) is 0 Å². The highest BCUT2D eigenvalue weighted by molar-refractivity contribution is 5.88. The average Bonchev–Trinajstić information content (AvgIpc) is 3.25. The zero-order valence-corrected chi connectivity index (χ0v) is 16.9. The van der Waals surface area contributed by atoms with Gasteiger partial charge < -0.3 is 15.0 Å². The summed E-state index contributed by atoms with van der Waals surface area (Å²) in [5, 5.41) is 3.00. The number of benzene rings is 2. The number of carbonyl (C=O) groups is 2. The summed E-state index contributed by atoms with van der Waals surface area (Å²) in [4.78, 5) is 27.0. The Balaban J connectivity index is 1.71. The van der Waals surface area contributed by atoms with Gasteiger partial charge in [-0.05, 0) is 49.6 Å². The molecule has 5 nitrogen and oxygen atoms in total. The van der Waals surface area contributed by atoms with Crippen LogP contribution < -0.4 is 10.1 Å². The molecule has 0 heterocycles. The van der Waals surface area contributed by atoms with Crippen molar-refractivity contribution in [3.63, 3.8) is 0 Å². The number of nitrogens with zero attached hydrogens (tertiary/aromatic N) is 1. The van der Waals surface area contributed by atoms with Crippen LogP contribution in [0.1, 0.15) is 38.2 Å². The van der Waals surface area contributed by atoms with Crippen LogP contribution >= 0.6 is 0 Å². The van der Waals surface area contributed by atoms with Gasteiger partial charge in [0.15, 0.2) is 18.2 Å². The van der Waals surface area contributed by atoms with E-state index in [0.717, 1.165) is 25.7 Å². The summed E-state index contributed by atoms with van der Waals surface area (Å²) in [6.45, 7) is 1.34.